The van der Waals surface area contributed by atoms with Gasteiger partial charge in [-0.3, -0.25) is 4.98 Å². The number of nitrogens with zero attached hydrogens (tertiary/aromatic N) is 2. The van der Waals surface area contributed by atoms with E-state index >= 15 is 0 Å². The first-order valence-corrected chi connectivity index (χ1v) is 9.50. The molecule has 0 spiro atoms. The lowest BCUT2D eigenvalue weighted by atomic mass is 10.0. The second-order valence-corrected chi connectivity index (χ2v) is 8.79. The summed E-state index contributed by atoms with van der Waals surface area (Å²) in [5.41, 5.74) is 0.301. The molecule has 0 bridgehead atoms. The minimum Gasteiger partial charge on any atom is -0.444 e. The number of ether oxygens (including phenoxy) is 2. The Bertz CT molecular complexity index is 608. The number of rotatable bonds is 4. The number of pyridine rings is 1. The molecule has 2 saturated heterocycles. The third kappa shape index (κ3) is 5.15. The molecular weight excluding hydrogens is 386 g/mol. The molecule has 2 fully saturated rings. The van der Waals surface area contributed by atoms with Gasteiger partial charge in [0.1, 0.15) is 5.60 Å². The Morgan fingerprint density at radius 2 is 2.12 bits per heavy atom. The summed E-state index contributed by atoms with van der Waals surface area (Å²) in [6.07, 6.45) is 1.33. The molecule has 25 heavy (non-hydrogen) atoms. The van der Waals surface area contributed by atoms with Crippen molar-refractivity contribution in [3.05, 3.63) is 28.5 Å². The number of carbonyl (C=O) groups is 1. The maximum Gasteiger partial charge on any atom is 0.408 e. The number of halogens is 1. The fourth-order valence-electron chi connectivity index (χ4n) is 3.47. The molecular formula is C18H26BrN3O3. The minimum absolute atomic E-state index is 0.216. The molecule has 0 saturated carbocycles. The molecule has 1 aromatic rings. The van der Waals surface area contributed by atoms with Gasteiger partial charge in [0.05, 0.1) is 24.9 Å². The van der Waals surface area contributed by atoms with E-state index in [9.17, 15) is 4.79 Å². The summed E-state index contributed by atoms with van der Waals surface area (Å²) in [7, 11) is 0. The number of amides is 1. The van der Waals surface area contributed by atoms with E-state index in [1.54, 1.807) is 6.20 Å². The van der Waals surface area contributed by atoms with E-state index in [2.05, 4.69) is 31.1 Å². The molecule has 2 aliphatic rings. The van der Waals surface area contributed by atoms with Crippen LogP contribution in [0.2, 0.25) is 0 Å². The van der Waals surface area contributed by atoms with Gasteiger partial charge in [0.25, 0.3) is 0 Å². The monoisotopic (exact) mass is 411 g/mol. The van der Waals surface area contributed by atoms with Gasteiger partial charge in [-0.15, -0.1) is 0 Å². The lowest BCUT2D eigenvalue weighted by molar-refractivity contribution is 0.0489. The van der Waals surface area contributed by atoms with Gasteiger partial charge in [0.2, 0.25) is 0 Å². The average Bonchev–Trinajstić information content (AvgIpc) is 3.05. The third-order valence-corrected chi connectivity index (χ3v) is 5.04. The van der Waals surface area contributed by atoms with E-state index in [0.717, 1.165) is 43.0 Å². The smallest absolute Gasteiger partial charge is 0.408 e. The SMILES string of the molecule is CC(C)(C)OC(=O)NC(CN1C[C@H]2COC[C@H]2C1)c1cc(Br)ccn1. The summed E-state index contributed by atoms with van der Waals surface area (Å²) in [6, 6.07) is 3.61. The molecule has 1 unspecified atom stereocenters. The Kier molecular flexibility index (Phi) is 5.65. The molecule has 2 aliphatic heterocycles. The predicted octanol–water partition coefficient (Wildman–Crippen LogP) is 2.99. The molecule has 1 N–H and O–H groups in total. The quantitative estimate of drug-likeness (QED) is 0.824. The molecule has 7 heteroatoms. The van der Waals surface area contributed by atoms with Crippen molar-refractivity contribution in [3.63, 3.8) is 0 Å². The van der Waals surface area contributed by atoms with Gasteiger partial charge in [-0.2, -0.15) is 0 Å². The van der Waals surface area contributed by atoms with E-state index in [4.69, 9.17) is 9.47 Å². The number of hydrogen-bond donors (Lipinski definition) is 1. The van der Waals surface area contributed by atoms with Crippen molar-refractivity contribution >= 4 is 22.0 Å². The molecule has 3 heterocycles. The lowest BCUT2D eigenvalue weighted by Crippen LogP contribution is -2.40. The van der Waals surface area contributed by atoms with Crippen molar-refractivity contribution in [1.29, 1.82) is 0 Å². The van der Waals surface area contributed by atoms with Crippen LogP contribution >= 0.6 is 15.9 Å². The third-order valence-electron chi connectivity index (χ3n) is 4.55. The Morgan fingerprint density at radius 1 is 1.44 bits per heavy atom. The highest BCUT2D eigenvalue weighted by Crippen LogP contribution is 2.30. The highest BCUT2D eigenvalue weighted by atomic mass is 79.9. The van der Waals surface area contributed by atoms with Crippen molar-refractivity contribution < 1.29 is 14.3 Å². The Hall–Kier alpha value is -1.18. The summed E-state index contributed by atoms with van der Waals surface area (Å²) in [4.78, 5) is 19.1. The Morgan fingerprint density at radius 3 is 2.72 bits per heavy atom. The van der Waals surface area contributed by atoms with Crippen LogP contribution in [0.1, 0.15) is 32.5 Å². The zero-order valence-corrected chi connectivity index (χ0v) is 16.6. The summed E-state index contributed by atoms with van der Waals surface area (Å²) < 4.78 is 11.9. The van der Waals surface area contributed by atoms with E-state index in [1.807, 2.05) is 32.9 Å². The standard InChI is InChI=1S/C18H26BrN3O3/c1-18(2,3)25-17(23)21-16(15-6-14(19)4-5-20-15)9-22-7-12-10-24-11-13(12)8-22/h4-6,12-13,16H,7-11H2,1-3H3,(H,21,23)/t12-,13+,16?. The topological polar surface area (TPSA) is 63.7 Å². The minimum atomic E-state index is -0.526. The van der Waals surface area contributed by atoms with Crippen LogP contribution in [0, 0.1) is 11.8 Å². The van der Waals surface area contributed by atoms with Crippen LogP contribution < -0.4 is 5.32 Å². The predicted molar refractivity (Wildman–Crippen MR) is 98.3 cm³/mol. The van der Waals surface area contributed by atoms with Crippen molar-refractivity contribution in [2.45, 2.75) is 32.4 Å². The second-order valence-electron chi connectivity index (χ2n) is 7.87. The molecule has 1 amide bonds. The highest BCUT2D eigenvalue weighted by molar-refractivity contribution is 9.10. The number of aromatic nitrogens is 1. The second kappa shape index (κ2) is 7.60. The van der Waals surface area contributed by atoms with Gasteiger partial charge < -0.3 is 19.7 Å². The van der Waals surface area contributed by atoms with Crippen LogP contribution in [0.4, 0.5) is 4.79 Å². The first kappa shape index (κ1) is 18.6. The molecule has 0 radical (unpaired) electrons. The maximum atomic E-state index is 12.3. The molecule has 1 aromatic heterocycles. The van der Waals surface area contributed by atoms with Crippen molar-refractivity contribution in [2.24, 2.45) is 11.8 Å². The van der Waals surface area contributed by atoms with Crippen LogP contribution in [0.3, 0.4) is 0 Å². The number of carbonyl (C=O) groups excluding carboxylic acids is 1. The highest BCUT2D eigenvalue weighted by Gasteiger charge is 2.38. The zero-order chi connectivity index (χ0) is 18.0. The molecule has 3 atom stereocenters. The number of likely N-dealkylation sites (tertiary alicyclic amines) is 1. The maximum absolute atomic E-state index is 12.3. The first-order chi connectivity index (χ1) is 11.8. The van der Waals surface area contributed by atoms with E-state index in [-0.39, 0.29) is 6.04 Å². The number of fused-ring (bicyclic) bond motifs is 1. The average molecular weight is 412 g/mol. The van der Waals surface area contributed by atoms with Crippen molar-refractivity contribution in [1.82, 2.24) is 15.2 Å². The number of hydrogen-bond acceptors (Lipinski definition) is 5. The van der Waals surface area contributed by atoms with Crippen LogP contribution in [0.15, 0.2) is 22.8 Å². The fourth-order valence-corrected chi connectivity index (χ4v) is 3.82. The summed E-state index contributed by atoms with van der Waals surface area (Å²) >= 11 is 3.48. The van der Waals surface area contributed by atoms with Gasteiger partial charge in [0.15, 0.2) is 0 Å². The summed E-state index contributed by atoms with van der Waals surface area (Å²) in [5.74, 6) is 1.22. The molecule has 6 nitrogen and oxygen atoms in total. The van der Waals surface area contributed by atoms with Gasteiger partial charge >= 0.3 is 6.09 Å². The van der Waals surface area contributed by atoms with Crippen molar-refractivity contribution in [3.8, 4) is 0 Å². The van der Waals surface area contributed by atoms with E-state index in [0.29, 0.717) is 11.8 Å². The van der Waals surface area contributed by atoms with Gasteiger partial charge in [0, 0.05) is 42.1 Å². The van der Waals surface area contributed by atoms with Crippen LogP contribution in [0.5, 0.6) is 0 Å². The Balaban J connectivity index is 1.69. The zero-order valence-electron chi connectivity index (χ0n) is 15.0. The van der Waals surface area contributed by atoms with Crippen LogP contribution in [0.25, 0.3) is 0 Å². The van der Waals surface area contributed by atoms with Crippen molar-refractivity contribution in [2.75, 3.05) is 32.8 Å². The summed E-state index contributed by atoms with van der Waals surface area (Å²) in [5, 5.41) is 2.99. The van der Waals surface area contributed by atoms with Gasteiger partial charge in [-0.05, 0) is 32.9 Å². The number of alkyl carbamates (subject to hydrolysis) is 1. The molecule has 0 aliphatic carbocycles. The van der Waals surface area contributed by atoms with Gasteiger partial charge in [-0.1, -0.05) is 15.9 Å². The molecule has 138 valence electrons. The van der Waals surface area contributed by atoms with Gasteiger partial charge in [-0.25, -0.2) is 4.79 Å². The molecule has 3 rings (SSSR count). The number of nitrogens with one attached hydrogen (secondary N) is 1. The van der Waals surface area contributed by atoms with E-state index in [1.165, 1.54) is 0 Å². The molecule has 0 aromatic carbocycles. The lowest BCUT2D eigenvalue weighted by Gasteiger charge is -2.27. The normalized spacial score (nSPS) is 24.8. The first-order valence-electron chi connectivity index (χ1n) is 8.71. The fraction of sp³-hybridized carbons (Fsp3) is 0.667. The summed E-state index contributed by atoms with van der Waals surface area (Å²) in [6.45, 7) is 10.0. The van der Waals surface area contributed by atoms with Crippen LogP contribution in [-0.2, 0) is 9.47 Å². The van der Waals surface area contributed by atoms with E-state index < -0.39 is 11.7 Å². The largest absolute Gasteiger partial charge is 0.444 e. The van der Waals surface area contributed by atoms with Crippen LogP contribution in [-0.4, -0.2) is 54.4 Å². The Labute approximate surface area is 157 Å².